The lowest BCUT2D eigenvalue weighted by molar-refractivity contribution is -0.384. The number of carbonyl (C=O) groups excluding carboxylic acids is 1. The minimum atomic E-state index is -0.466. The molecule has 0 atom stereocenters. The summed E-state index contributed by atoms with van der Waals surface area (Å²) in [4.78, 5) is 26.7. The number of benzene rings is 2. The predicted octanol–water partition coefficient (Wildman–Crippen LogP) is 5.68. The molecule has 0 aliphatic carbocycles. The van der Waals surface area contributed by atoms with Gasteiger partial charge in [0, 0.05) is 29.2 Å². The summed E-state index contributed by atoms with van der Waals surface area (Å²) in [6.45, 7) is 0. The molecule has 6 nitrogen and oxygen atoms in total. The van der Waals surface area contributed by atoms with Crippen LogP contribution in [0, 0.1) is 10.1 Å². The van der Waals surface area contributed by atoms with E-state index in [0.29, 0.717) is 26.4 Å². The maximum absolute atomic E-state index is 12.0. The lowest BCUT2D eigenvalue weighted by atomic mass is 10.1. The van der Waals surface area contributed by atoms with Gasteiger partial charge < -0.3 is 0 Å². The summed E-state index contributed by atoms with van der Waals surface area (Å²) < 4.78 is 0. The highest BCUT2D eigenvalue weighted by atomic mass is 35.5. The van der Waals surface area contributed by atoms with Gasteiger partial charge in [-0.05, 0) is 23.8 Å². The number of hydrogen-bond donors (Lipinski definition) is 1. The fourth-order valence-corrected chi connectivity index (χ4v) is 3.21. The van der Waals surface area contributed by atoms with Crippen LogP contribution in [0.1, 0.15) is 5.56 Å². The van der Waals surface area contributed by atoms with E-state index < -0.39 is 4.92 Å². The van der Waals surface area contributed by atoms with E-state index in [1.165, 1.54) is 29.5 Å². The van der Waals surface area contributed by atoms with Gasteiger partial charge in [-0.1, -0.05) is 41.4 Å². The number of nitrogens with zero attached hydrogens (tertiary/aromatic N) is 2. The number of hydrogen-bond acceptors (Lipinski definition) is 5. The van der Waals surface area contributed by atoms with E-state index in [2.05, 4.69) is 10.3 Å². The van der Waals surface area contributed by atoms with Crippen molar-refractivity contribution in [1.29, 1.82) is 0 Å². The summed E-state index contributed by atoms with van der Waals surface area (Å²) >= 11 is 13.0. The van der Waals surface area contributed by atoms with E-state index in [0.717, 1.165) is 5.56 Å². The Balaban J connectivity index is 1.69. The van der Waals surface area contributed by atoms with Crippen molar-refractivity contribution < 1.29 is 9.72 Å². The molecule has 3 aromatic rings. The predicted molar refractivity (Wildman–Crippen MR) is 108 cm³/mol. The standard InChI is InChI=1S/C18H11Cl2N3O3S/c19-14-6-4-11(8-15(14)20)5-7-17(24)22-18-21-16(10-27-18)12-2-1-3-13(9-12)23(25)26/h1-10H,(H,21,22,24). The molecule has 0 radical (unpaired) electrons. The molecule has 1 aromatic heterocycles. The third-order valence-electron chi connectivity index (χ3n) is 3.46. The van der Waals surface area contributed by atoms with Crippen LogP contribution in [0.5, 0.6) is 0 Å². The molecule has 1 amide bonds. The maximum atomic E-state index is 12.0. The quantitative estimate of drug-likeness (QED) is 0.327. The van der Waals surface area contributed by atoms with Gasteiger partial charge in [0.2, 0.25) is 5.91 Å². The number of anilines is 1. The first-order valence-electron chi connectivity index (χ1n) is 7.57. The smallest absolute Gasteiger partial charge is 0.270 e. The number of amides is 1. The summed E-state index contributed by atoms with van der Waals surface area (Å²) in [5, 5.41) is 16.5. The van der Waals surface area contributed by atoms with E-state index in [1.807, 2.05) is 0 Å². The monoisotopic (exact) mass is 419 g/mol. The van der Waals surface area contributed by atoms with Gasteiger partial charge in [0.1, 0.15) is 0 Å². The number of aromatic nitrogens is 1. The Morgan fingerprint density at radius 3 is 2.74 bits per heavy atom. The zero-order valence-electron chi connectivity index (χ0n) is 13.6. The lowest BCUT2D eigenvalue weighted by Gasteiger charge is -1.99. The van der Waals surface area contributed by atoms with Crippen molar-refractivity contribution in [2.75, 3.05) is 5.32 Å². The van der Waals surface area contributed by atoms with Crippen molar-refractivity contribution in [2.45, 2.75) is 0 Å². The fraction of sp³-hybridized carbons (Fsp3) is 0. The van der Waals surface area contributed by atoms with Crippen LogP contribution in [-0.4, -0.2) is 15.8 Å². The van der Waals surface area contributed by atoms with E-state index in [9.17, 15) is 14.9 Å². The average molecular weight is 420 g/mol. The highest BCUT2D eigenvalue weighted by Gasteiger charge is 2.10. The molecule has 0 saturated carbocycles. The topological polar surface area (TPSA) is 85.1 Å². The van der Waals surface area contributed by atoms with Gasteiger partial charge in [-0.25, -0.2) is 4.98 Å². The van der Waals surface area contributed by atoms with Crippen molar-refractivity contribution in [1.82, 2.24) is 4.98 Å². The van der Waals surface area contributed by atoms with Gasteiger partial charge in [-0.3, -0.25) is 20.2 Å². The molecular formula is C18H11Cl2N3O3S. The Morgan fingerprint density at radius 2 is 2.00 bits per heavy atom. The summed E-state index contributed by atoms with van der Waals surface area (Å²) in [6.07, 6.45) is 2.96. The third-order valence-corrected chi connectivity index (χ3v) is 4.95. The zero-order chi connectivity index (χ0) is 19.4. The van der Waals surface area contributed by atoms with Crippen LogP contribution in [0.2, 0.25) is 10.0 Å². The molecule has 136 valence electrons. The van der Waals surface area contributed by atoms with Gasteiger partial charge in [0.15, 0.2) is 5.13 Å². The Bertz CT molecular complexity index is 1050. The highest BCUT2D eigenvalue weighted by Crippen LogP contribution is 2.27. The molecule has 2 aromatic carbocycles. The molecule has 3 rings (SSSR count). The summed E-state index contributed by atoms with van der Waals surface area (Å²) in [6, 6.07) is 11.2. The van der Waals surface area contributed by atoms with E-state index >= 15 is 0 Å². The number of nitrogens with one attached hydrogen (secondary N) is 1. The number of nitro benzene ring substituents is 1. The minimum absolute atomic E-state index is 0.0179. The molecule has 0 bridgehead atoms. The molecule has 0 aliphatic rings. The summed E-state index contributed by atoms with van der Waals surface area (Å²) in [5.74, 6) is -0.360. The Hall–Kier alpha value is -2.74. The second kappa shape index (κ2) is 8.30. The molecule has 0 unspecified atom stereocenters. The molecule has 0 saturated heterocycles. The van der Waals surface area contributed by atoms with Gasteiger partial charge >= 0.3 is 0 Å². The Morgan fingerprint density at radius 1 is 1.19 bits per heavy atom. The van der Waals surface area contributed by atoms with E-state index in [1.54, 1.807) is 41.8 Å². The van der Waals surface area contributed by atoms with E-state index in [-0.39, 0.29) is 11.6 Å². The van der Waals surface area contributed by atoms with Gasteiger partial charge in [0.05, 0.1) is 20.7 Å². The Kier molecular flexibility index (Phi) is 5.85. The lowest BCUT2D eigenvalue weighted by Crippen LogP contribution is -2.07. The van der Waals surface area contributed by atoms with Crippen LogP contribution in [0.25, 0.3) is 17.3 Å². The molecule has 0 spiro atoms. The number of carbonyl (C=O) groups is 1. The first kappa shape index (κ1) is 19.0. The van der Waals surface area contributed by atoms with Crippen LogP contribution in [0.3, 0.4) is 0 Å². The van der Waals surface area contributed by atoms with Crippen LogP contribution in [0.4, 0.5) is 10.8 Å². The summed E-state index contributed by atoms with van der Waals surface area (Å²) in [7, 11) is 0. The SMILES string of the molecule is O=C(C=Cc1ccc(Cl)c(Cl)c1)Nc1nc(-c2cccc([N+](=O)[O-])c2)cs1. The second-order valence-corrected chi connectivity index (χ2v) is 7.01. The van der Waals surface area contributed by atoms with E-state index in [4.69, 9.17) is 23.2 Å². The normalized spacial score (nSPS) is 10.9. The first-order valence-corrected chi connectivity index (χ1v) is 9.20. The van der Waals surface area contributed by atoms with Gasteiger partial charge in [-0.15, -0.1) is 11.3 Å². The molecule has 1 heterocycles. The van der Waals surface area contributed by atoms with Crippen molar-refractivity contribution in [2.24, 2.45) is 0 Å². The molecule has 27 heavy (non-hydrogen) atoms. The van der Waals surface area contributed by atoms with Crippen molar-refractivity contribution in [3.63, 3.8) is 0 Å². The van der Waals surface area contributed by atoms with Crippen LogP contribution in [0.15, 0.2) is 53.9 Å². The molecule has 0 fully saturated rings. The van der Waals surface area contributed by atoms with Crippen molar-refractivity contribution in [3.8, 4) is 11.3 Å². The number of thiazole rings is 1. The largest absolute Gasteiger partial charge is 0.298 e. The second-order valence-electron chi connectivity index (χ2n) is 5.34. The molecule has 1 N–H and O–H groups in total. The number of non-ortho nitro benzene ring substituents is 1. The van der Waals surface area contributed by atoms with Crippen molar-refractivity contribution in [3.05, 3.63) is 79.6 Å². The minimum Gasteiger partial charge on any atom is -0.298 e. The zero-order valence-corrected chi connectivity index (χ0v) is 15.9. The van der Waals surface area contributed by atoms with Crippen LogP contribution in [-0.2, 0) is 4.79 Å². The number of rotatable bonds is 5. The highest BCUT2D eigenvalue weighted by molar-refractivity contribution is 7.14. The van der Waals surface area contributed by atoms with Crippen molar-refractivity contribution >= 4 is 57.3 Å². The van der Waals surface area contributed by atoms with Gasteiger partial charge in [0.25, 0.3) is 5.69 Å². The van der Waals surface area contributed by atoms with Crippen LogP contribution < -0.4 is 5.32 Å². The maximum Gasteiger partial charge on any atom is 0.270 e. The summed E-state index contributed by atoms with van der Waals surface area (Å²) in [5.41, 5.74) is 1.87. The average Bonchev–Trinajstić information content (AvgIpc) is 3.11. The first-order chi connectivity index (χ1) is 12.9. The third kappa shape index (κ3) is 4.91. The molecule has 9 heteroatoms. The molecule has 0 aliphatic heterocycles. The molecular weight excluding hydrogens is 409 g/mol. The fourth-order valence-electron chi connectivity index (χ4n) is 2.18. The van der Waals surface area contributed by atoms with Crippen LogP contribution >= 0.6 is 34.5 Å². The number of halogens is 2. The van der Waals surface area contributed by atoms with Gasteiger partial charge in [-0.2, -0.15) is 0 Å². The number of nitro groups is 1. The Labute approximate surface area is 168 Å².